The maximum atomic E-state index is 13.0. The second-order valence-corrected chi connectivity index (χ2v) is 8.59. The Labute approximate surface area is 209 Å². The molecule has 0 radical (unpaired) electrons. The third-order valence-corrected chi connectivity index (χ3v) is 6.00. The van der Waals surface area contributed by atoms with E-state index in [1.165, 1.54) is 23.7 Å². The summed E-state index contributed by atoms with van der Waals surface area (Å²) in [6.07, 6.45) is 1.94. The number of amides is 2. The number of aliphatic carboxylic acids is 1. The number of carbonyl (C=O) groups excluding carboxylic acids is 2. The lowest BCUT2D eigenvalue weighted by Gasteiger charge is -2.19. The fraction of sp³-hybridized carbons (Fsp3) is 0.273. The van der Waals surface area contributed by atoms with Crippen LogP contribution in [0.1, 0.15) is 11.3 Å². The summed E-state index contributed by atoms with van der Waals surface area (Å²) in [7, 11) is 1.27. The standard InChI is InChI=1S/C22H23N7O6S/c1-34-27-17(16-12-36-22(23)26-16)19(30)25-15-11-28-10-14(18(21(32)33)29(28)20(15)31)9-24-35-8-7-13-5-3-2-4-6-13/h2-6,9,12,15H,7-8,10-11H2,1H3,(H2,23,26)(H,25,30)(H,32,33)/b24-9+,27-17+/t15-/m0/s1. The number of carboxylic acid groups (broad SMARTS) is 1. The Kier molecular flexibility index (Phi) is 7.56. The molecule has 2 aliphatic heterocycles. The summed E-state index contributed by atoms with van der Waals surface area (Å²) in [5.74, 6) is -2.62. The van der Waals surface area contributed by atoms with Gasteiger partial charge in [-0.3, -0.25) is 9.59 Å². The highest BCUT2D eigenvalue weighted by Crippen LogP contribution is 2.28. The maximum Gasteiger partial charge on any atom is 0.354 e. The number of aromatic nitrogens is 1. The predicted molar refractivity (Wildman–Crippen MR) is 130 cm³/mol. The van der Waals surface area contributed by atoms with E-state index in [4.69, 9.17) is 15.4 Å². The maximum absolute atomic E-state index is 13.0. The van der Waals surface area contributed by atoms with Crippen LogP contribution in [0.4, 0.5) is 5.13 Å². The first-order chi connectivity index (χ1) is 17.4. The van der Waals surface area contributed by atoms with Gasteiger partial charge in [0, 0.05) is 30.5 Å². The van der Waals surface area contributed by atoms with E-state index in [0.717, 1.165) is 21.9 Å². The van der Waals surface area contributed by atoms with Gasteiger partial charge in [0.1, 0.15) is 25.5 Å². The van der Waals surface area contributed by atoms with Crippen LogP contribution in [0.5, 0.6) is 0 Å². The molecule has 0 aliphatic carbocycles. The molecule has 2 aliphatic rings. The van der Waals surface area contributed by atoms with Crippen molar-refractivity contribution in [3.05, 3.63) is 58.2 Å². The minimum Gasteiger partial charge on any atom is -0.477 e. The summed E-state index contributed by atoms with van der Waals surface area (Å²) < 4.78 is 0. The molecule has 1 fully saturated rings. The molecular formula is C22H23N7O6S. The topological polar surface area (TPSA) is 172 Å². The number of benzene rings is 1. The van der Waals surface area contributed by atoms with Gasteiger partial charge in [-0.15, -0.1) is 11.3 Å². The van der Waals surface area contributed by atoms with Gasteiger partial charge >= 0.3 is 5.97 Å². The zero-order chi connectivity index (χ0) is 25.7. The Morgan fingerprint density at radius 2 is 2.14 bits per heavy atom. The molecule has 1 aromatic carbocycles. The number of thiazole rings is 1. The van der Waals surface area contributed by atoms with Crippen molar-refractivity contribution in [1.29, 1.82) is 0 Å². The van der Waals surface area contributed by atoms with Crippen LogP contribution in [0, 0.1) is 0 Å². The Hall–Kier alpha value is -4.30. The molecule has 0 unspecified atom stereocenters. The highest BCUT2D eigenvalue weighted by atomic mass is 32.1. The van der Waals surface area contributed by atoms with Gasteiger partial charge in [-0.05, 0) is 5.56 Å². The van der Waals surface area contributed by atoms with Crippen molar-refractivity contribution in [2.75, 3.05) is 32.5 Å². The van der Waals surface area contributed by atoms with Gasteiger partial charge in [0.25, 0.3) is 11.8 Å². The van der Waals surface area contributed by atoms with Crippen LogP contribution in [0.15, 0.2) is 57.3 Å². The number of hydrazine groups is 1. The summed E-state index contributed by atoms with van der Waals surface area (Å²) in [4.78, 5) is 51.8. The SMILES string of the molecule is CO/N=C(/C(=O)N[C@H]1CN2CC(/C=N/OCCc3ccccc3)=C(C(=O)O)N2C1=O)c1csc(N)n1. The van der Waals surface area contributed by atoms with E-state index < -0.39 is 23.8 Å². The van der Waals surface area contributed by atoms with Crippen LogP contribution in [0.3, 0.4) is 0 Å². The molecule has 3 heterocycles. The molecule has 2 amide bonds. The first-order valence-electron chi connectivity index (χ1n) is 10.8. The average Bonchev–Trinajstić information content (AvgIpc) is 3.52. The number of nitrogens with zero attached hydrogens (tertiary/aromatic N) is 5. The number of fused-ring (bicyclic) bond motifs is 1. The Morgan fingerprint density at radius 1 is 1.36 bits per heavy atom. The molecule has 13 nitrogen and oxygen atoms in total. The number of hydrogen-bond donors (Lipinski definition) is 3. The Balaban J connectivity index is 1.41. The molecule has 0 saturated carbocycles. The second-order valence-electron chi connectivity index (χ2n) is 7.70. The number of oxime groups is 2. The van der Waals surface area contributed by atoms with Gasteiger partial charge in [-0.2, -0.15) is 0 Å². The van der Waals surface area contributed by atoms with Gasteiger partial charge in [0.05, 0.1) is 6.21 Å². The van der Waals surface area contributed by atoms with Crippen LogP contribution in [-0.4, -0.2) is 82.7 Å². The molecular weight excluding hydrogens is 490 g/mol. The summed E-state index contributed by atoms with van der Waals surface area (Å²) in [5.41, 5.74) is 6.81. The largest absolute Gasteiger partial charge is 0.477 e. The van der Waals surface area contributed by atoms with E-state index in [-0.39, 0.29) is 35.3 Å². The zero-order valence-electron chi connectivity index (χ0n) is 19.2. The first-order valence-corrected chi connectivity index (χ1v) is 11.6. The number of carboxylic acids is 1. The van der Waals surface area contributed by atoms with Gasteiger partial charge in [-0.1, -0.05) is 40.6 Å². The molecule has 0 spiro atoms. The fourth-order valence-corrected chi connectivity index (χ4v) is 4.32. The average molecular weight is 514 g/mol. The van der Waals surface area contributed by atoms with Crippen LogP contribution in [0.25, 0.3) is 0 Å². The zero-order valence-corrected chi connectivity index (χ0v) is 20.0. The van der Waals surface area contributed by atoms with Crippen molar-refractivity contribution < 1.29 is 29.2 Å². The molecule has 2 aromatic rings. The number of nitrogen functional groups attached to an aromatic ring is 1. The number of nitrogens with one attached hydrogen (secondary N) is 1. The number of anilines is 1. The lowest BCUT2D eigenvalue weighted by molar-refractivity contribution is -0.143. The number of nitrogens with two attached hydrogens (primary N) is 1. The van der Waals surface area contributed by atoms with E-state index >= 15 is 0 Å². The molecule has 1 aromatic heterocycles. The van der Waals surface area contributed by atoms with Crippen molar-refractivity contribution in [1.82, 2.24) is 20.3 Å². The fourth-order valence-electron chi connectivity index (χ4n) is 3.77. The molecule has 188 valence electrons. The van der Waals surface area contributed by atoms with Crippen molar-refractivity contribution in [2.45, 2.75) is 12.5 Å². The molecule has 1 atom stereocenters. The third kappa shape index (κ3) is 5.34. The number of hydrogen-bond acceptors (Lipinski definition) is 11. The van der Waals surface area contributed by atoms with Crippen molar-refractivity contribution >= 4 is 46.2 Å². The number of rotatable bonds is 10. The van der Waals surface area contributed by atoms with Crippen molar-refractivity contribution in [3.63, 3.8) is 0 Å². The van der Waals surface area contributed by atoms with Crippen molar-refractivity contribution in [3.8, 4) is 0 Å². The summed E-state index contributed by atoms with van der Waals surface area (Å²) in [5, 5.41) is 24.2. The quantitative estimate of drug-likeness (QED) is 0.228. The van der Waals surface area contributed by atoms with E-state index in [9.17, 15) is 19.5 Å². The monoisotopic (exact) mass is 513 g/mol. The van der Waals surface area contributed by atoms with Gasteiger partial charge < -0.3 is 25.8 Å². The molecule has 14 heteroatoms. The van der Waals surface area contributed by atoms with Crippen LogP contribution in [0.2, 0.25) is 0 Å². The predicted octanol–water partition coefficient (Wildman–Crippen LogP) is 0.217. The molecule has 36 heavy (non-hydrogen) atoms. The minimum absolute atomic E-state index is 0.0486. The van der Waals surface area contributed by atoms with Gasteiger partial charge in [0.2, 0.25) is 0 Å². The highest BCUT2D eigenvalue weighted by Gasteiger charge is 2.48. The van der Waals surface area contributed by atoms with Crippen LogP contribution < -0.4 is 11.1 Å². The Morgan fingerprint density at radius 3 is 2.81 bits per heavy atom. The van der Waals surface area contributed by atoms with Gasteiger partial charge in [-0.25, -0.2) is 19.8 Å². The van der Waals surface area contributed by atoms with E-state index in [2.05, 4.69) is 20.6 Å². The van der Waals surface area contributed by atoms with Crippen LogP contribution >= 0.6 is 11.3 Å². The summed E-state index contributed by atoms with van der Waals surface area (Å²) >= 11 is 1.12. The van der Waals surface area contributed by atoms with E-state index in [1.54, 1.807) is 0 Å². The van der Waals surface area contributed by atoms with Gasteiger partial charge in [0.15, 0.2) is 16.5 Å². The molecule has 1 saturated heterocycles. The first kappa shape index (κ1) is 24.8. The smallest absolute Gasteiger partial charge is 0.354 e. The second kappa shape index (κ2) is 11.0. The minimum atomic E-state index is -1.30. The van der Waals surface area contributed by atoms with Crippen molar-refractivity contribution in [2.24, 2.45) is 10.3 Å². The normalized spacial score (nSPS) is 18.1. The lowest BCUT2D eigenvalue weighted by atomic mass is 10.2. The lowest BCUT2D eigenvalue weighted by Crippen LogP contribution is -2.46. The van der Waals surface area contributed by atoms with E-state index in [1.807, 2.05) is 30.3 Å². The number of carbonyl (C=O) groups is 3. The molecule has 0 bridgehead atoms. The van der Waals surface area contributed by atoms with E-state index in [0.29, 0.717) is 18.6 Å². The summed E-state index contributed by atoms with van der Waals surface area (Å²) in [6.45, 7) is 0.465. The molecule has 4 N–H and O–H groups in total. The highest BCUT2D eigenvalue weighted by molar-refractivity contribution is 7.13. The van der Waals surface area contributed by atoms with Crippen LogP contribution in [-0.2, 0) is 30.5 Å². The molecule has 4 rings (SSSR count). The third-order valence-electron chi connectivity index (χ3n) is 5.33. The summed E-state index contributed by atoms with van der Waals surface area (Å²) in [6, 6.07) is 8.70. The Bertz CT molecular complexity index is 1240.